The van der Waals surface area contributed by atoms with E-state index in [9.17, 15) is 29.1 Å². The number of carboxylic acids is 1. The first-order valence-electron chi connectivity index (χ1n) is 13.3. The average molecular weight is 572 g/mol. The maximum absolute atomic E-state index is 13.5. The van der Waals surface area contributed by atoms with Crippen LogP contribution in [0, 0.1) is 0 Å². The first-order chi connectivity index (χ1) is 19.5. The number of para-hydroxylation sites is 1. The molecule has 2 heterocycles. The van der Waals surface area contributed by atoms with E-state index in [0.717, 1.165) is 17.3 Å². The van der Waals surface area contributed by atoms with Gasteiger partial charge in [-0.1, -0.05) is 18.2 Å². The number of carbonyl (C=O) groups is 5. The Morgan fingerprint density at radius 3 is 2.37 bits per heavy atom. The lowest BCUT2D eigenvalue weighted by Gasteiger charge is -2.25. The molecule has 0 bridgehead atoms. The van der Waals surface area contributed by atoms with Crippen molar-refractivity contribution in [3.8, 4) is 0 Å². The van der Waals surface area contributed by atoms with Crippen LogP contribution >= 0.6 is 0 Å². The summed E-state index contributed by atoms with van der Waals surface area (Å²) in [6.07, 6.45) is 3.01. The Kier molecular flexibility index (Phi) is 11.0. The zero-order chi connectivity index (χ0) is 29.9. The van der Waals surface area contributed by atoms with Gasteiger partial charge in [-0.2, -0.15) is 0 Å². The van der Waals surface area contributed by atoms with Crippen LogP contribution in [0.1, 0.15) is 37.7 Å². The van der Waals surface area contributed by atoms with Gasteiger partial charge in [0.05, 0.1) is 12.5 Å². The first-order valence-corrected chi connectivity index (χ1v) is 13.3. The summed E-state index contributed by atoms with van der Waals surface area (Å²) >= 11 is 0. The number of aliphatic imine (C=N–C) groups is 1. The number of carbonyl (C=O) groups excluding carboxylic acids is 4. The van der Waals surface area contributed by atoms with Crippen LogP contribution in [0.2, 0.25) is 0 Å². The van der Waals surface area contributed by atoms with Crippen molar-refractivity contribution in [2.75, 3.05) is 13.1 Å². The number of benzene rings is 1. The predicted molar refractivity (Wildman–Crippen MR) is 150 cm³/mol. The van der Waals surface area contributed by atoms with Crippen molar-refractivity contribution in [2.24, 2.45) is 22.2 Å². The number of nitrogens with two attached hydrogens (primary N) is 3. The molecule has 222 valence electrons. The number of guanidine groups is 1. The number of aromatic amines is 1. The molecule has 41 heavy (non-hydrogen) atoms. The van der Waals surface area contributed by atoms with E-state index in [1.54, 1.807) is 6.20 Å². The van der Waals surface area contributed by atoms with E-state index in [2.05, 4.69) is 31.2 Å². The summed E-state index contributed by atoms with van der Waals surface area (Å²) in [4.78, 5) is 69.7. The Balaban J connectivity index is 1.83. The van der Waals surface area contributed by atoms with Gasteiger partial charge in [0.1, 0.15) is 18.1 Å². The van der Waals surface area contributed by atoms with E-state index in [1.165, 1.54) is 0 Å². The number of nitrogens with one attached hydrogen (secondary N) is 5. The standard InChI is InChI=1S/C26H37N9O6/c27-21(36)12-20(25(40)41)35-24(39)19(11-14-13-32-16-6-2-1-5-15(14)16)34-23(38)18(8-4-10-31-26(28)29)33-22(37)17-7-3-9-30-17/h1-2,5-6,13,17-20,30,32H,3-4,7-12H2,(H2,27,36)(H,33,37)(H,34,38)(H,35,39)(H,40,41)(H4,28,29,31). The minimum Gasteiger partial charge on any atom is -0.480 e. The van der Waals surface area contributed by atoms with Crippen LogP contribution in [0.15, 0.2) is 35.5 Å². The third-order valence-corrected chi connectivity index (χ3v) is 6.71. The summed E-state index contributed by atoms with van der Waals surface area (Å²) in [7, 11) is 0. The Labute approximate surface area is 236 Å². The number of hydrogen-bond donors (Lipinski definition) is 9. The van der Waals surface area contributed by atoms with E-state index < -0.39 is 54.3 Å². The van der Waals surface area contributed by atoms with Crippen molar-refractivity contribution < 1.29 is 29.1 Å². The molecule has 0 spiro atoms. The van der Waals surface area contributed by atoms with E-state index in [-0.39, 0.29) is 31.3 Å². The maximum atomic E-state index is 13.5. The number of carboxylic acid groups (broad SMARTS) is 1. The largest absolute Gasteiger partial charge is 0.480 e. The number of rotatable bonds is 15. The molecule has 0 aliphatic carbocycles. The molecule has 12 N–H and O–H groups in total. The molecule has 2 aromatic rings. The zero-order valence-corrected chi connectivity index (χ0v) is 22.5. The number of aromatic nitrogens is 1. The third kappa shape index (κ3) is 9.20. The molecule has 1 aromatic carbocycles. The van der Waals surface area contributed by atoms with Crippen molar-refractivity contribution in [3.05, 3.63) is 36.0 Å². The molecule has 3 rings (SSSR count). The fourth-order valence-corrected chi connectivity index (χ4v) is 4.63. The Bertz CT molecular complexity index is 1280. The quantitative estimate of drug-likeness (QED) is 0.0645. The monoisotopic (exact) mass is 571 g/mol. The van der Waals surface area contributed by atoms with Gasteiger partial charge in [-0.25, -0.2) is 4.79 Å². The van der Waals surface area contributed by atoms with Gasteiger partial charge in [0.2, 0.25) is 23.6 Å². The van der Waals surface area contributed by atoms with Crippen molar-refractivity contribution in [3.63, 3.8) is 0 Å². The summed E-state index contributed by atoms with van der Waals surface area (Å²) in [6, 6.07) is 3.02. The lowest BCUT2D eigenvalue weighted by molar-refractivity contribution is -0.143. The summed E-state index contributed by atoms with van der Waals surface area (Å²) in [5, 5.41) is 21.1. The van der Waals surface area contributed by atoms with Crippen molar-refractivity contribution >= 4 is 46.5 Å². The minimum atomic E-state index is -1.59. The van der Waals surface area contributed by atoms with Crippen LogP contribution in [0.25, 0.3) is 10.9 Å². The van der Waals surface area contributed by atoms with Crippen LogP contribution in [-0.2, 0) is 30.4 Å². The molecule has 4 atom stereocenters. The highest BCUT2D eigenvalue weighted by molar-refractivity contribution is 5.95. The summed E-state index contributed by atoms with van der Waals surface area (Å²) < 4.78 is 0. The van der Waals surface area contributed by atoms with Crippen LogP contribution < -0.4 is 38.5 Å². The van der Waals surface area contributed by atoms with Crippen molar-refractivity contribution in [1.82, 2.24) is 26.3 Å². The van der Waals surface area contributed by atoms with E-state index in [4.69, 9.17) is 17.2 Å². The lowest BCUT2D eigenvalue weighted by atomic mass is 10.0. The SMILES string of the molecule is NC(=O)CC(NC(=O)C(Cc1c[nH]c2ccccc12)NC(=O)C(CCCN=C(N)N)NC(=O)C1CCCN1)C(=O)O. The molecule has 1 fully saturated rings. The molecule has 4 amide bonds. The summed E-state index contributed by atoms with van der Waals surface area (Å²) in [5.74, 6) is -4.32. The number of amides is 4. The van der Waals surface area contributed by atoms with E-state index in [1.807, 2.05) is 24.3 Å². The Morgan fingerprint density at radius 1 is 1.00 bits per heavy atom. The smallest absolute Gasteiger partial charge is 0.326 e. The fourth-order valence-electron chi connectivity index (χ4n) is 4.63. The van der Waals surface area contributed by atoms with Crippen molar-refractivity contribution in [2.45, 2.75) is 62.7 Å². The van der Waals surface area contributed by atoms with Gasteiger partial charge < -0.3 is 48.6 Å². The minimum absolute atomic E-state index is 0.0106. The maximum Gasteiger partial charge on any atom is 0.326 e. The first kappa shape index (κ1) is 30.9. The summed E-state index contributed by atoms with van der Waals surface area (Å²) in [6.45, 7) is 0.901. The molecule has 15 heteroatoms. The fraction of sp³-hybridized carbons (Fsp3) is 0.462. The van der Waals surface area contributed by atoms with Gasteiger partial charge >= 0.3 is 5.97 Å². The van der Waals surface area contributed by atoms with Crippen molar-refractivity contribution in [1.29, 1.82) is 0 Å². The number of hydrogen-bond acceptors (Lipinski definition) is 7. The van der Waals surface area contributed by atoms with Gasteiger partial charge in [0, 0.05) is 30.1 Å². The zero-order valence-electron chi connectivity index (χ0n) is 22.5. The molecule has 1 aliphatic heterocycles. The van der Waals surface area contributed by atoms with Crippen LogP contribution in [0.4, 0.5) is 0 Å². The van der Waals surface area contributed by atoms with Crippen LogP contribution in [0.5, 0.6) is 0 Å². The average Bonchev–Trinajstić information content (AvgIpc) is 3.60. The third-order valence-electron chi connectivity index (χ3n) is 6.71. The number of primary amides is 1. The molecule has 0 radical (unpaired) electrons. The second-order valence-electron chi connectivity index (χ2n) is 9.85. The number of aliphatic carboxylic acids is 1. The molecule has 4 unspecified atom stereocenters. The molecular weight excluding hydrogens is 534 g/mol. The Hall–Kier alpha value is -4.66. The number of H-pyrrole nitrogens is 1. The lowest BCUT2D eigenvalue weighted by Crippen LogP contribution is -2.57. The molecule has 1 aromatic heterocycles. The Morgan fingerprint density at radius 2 is 1.71 bits per heavy atom. The molecule has 0 saturated carbocycles. The number of fused-ring (bicyclic) bond motifs is 1. The number of nitrogens with zero attached hydrogens (tertiary/aromatic N) is 1. The van der Waals surface area contributed by atoms with E-state index >= 15 is 0 Å². The second kappa shape index (κ2) is 14.6. The van der Waals surface area contributed by atoms with Crippen LogP contribution in [-0.4, -0.2) is 82.9 Å². The second-order valence-corrected chi connectivity index (χ2v) is 9.85. The normalized spacial score (nSPS) is 16.7. The van der Waals surface area contributed by atoms with Gasteiger partial charge in [0.15, 0.2) is 5.96 Å². The highest BCUT2D eigenvalue weighted by Crippen LogP contribution is 2.19. The highest BCUT2D eigenvalue weighted by Gasteiger charge is 2.32. The summed E-state index contributed by atoms with van der Waals surface area (Å²) in [5.41, 5.74) is 17.4. The van der Waals surface area contributed by atoms with Gasteiger partial charge in [-0.15, -0.1) is 0 Å². The molecular formula is C26H37N9O6. The van der Waals surface area contributed by atoms with Gasteiger partial charge in [-0.3, -0.25) is 24.2 Å². The molecule has 15 nitrogen and oxygen atoms in total. The van der Waals surface area contributed by atoms with Gasteiger partial charge in [0.25, 0.3) is 0 Å². The van der Waals surface area contributed by atoms with E-state index in [0.29, 0.717) is 24.9 Å². The predicted octanol–water partition coefficient (Wildman–Crippen LogP) is -2.07. The van der Waals surface area contributed by atoms with Crippen LogP contribution in [0.3, 0.4) is 0 Å². The highest BCUT2D eigenvalue weighted by atomic mass is 16.4. The molecule has 1 saturated heterocycles. The topological polar surface area (TPSA) is 260 Å². The molecule has 1 aliphatic rings. The van der Waals surface area contributed by atoms with Gasteiger partial charge in [-0.05, 0) is 43.9 Å².